The van der Waals surface area contributed by atoms with E-state index in [-0.39, 0.29) is 17.5 Å². The van der Waals surface area contributed by atoms with Gasteiger partial charge in [-0.15, -0.1) is 0 Å². The van der Waals surface area contributed by atoms with Crippen LogP contribution < -0.4 is 5.32 Å². The maximum Gasteiger partial charge on any atom is 0.287 e. The molecule has 2 aromatic carbocycles. The van der Waals surface area contributed by atoms with E-state index in [0.717, 1.165) is 16.8 Å². The van der Waals surface area contributed by atoms with Gasteiger partial charge in [0.25, 0.3) is 5.91 Å². The van der Waals surface area contributed by atoms with Crippen molar-refractivity contribution in [2.45, 2.75) is 13.5 Å². The quantitative estimate of drug-likeness (QED) is 0.503. The van der Waals surface area contributed by atoms with Crippen LogP contribution in [-0.4, -0.2) is 21.5 Å². The van der Waals surface area contributed by atoms with E-state index in [2.05, 4.69) is 10.4 Å². The fourth-order valence-electron chi connectivity index (χ4n) is 2.93. The first kappa shape index (κ1) is 18.4. The SMILES string of the molecule is CC(=O)c1ccc(-c2ccc(C(=O)NCc3cnn(-c4ccccc4)c3)o2)cc1. The Kier molecular flexibility index (Phi) is 5.07. The van der Waals surface area contributed by atoms with Crippen molar-refractivity contribution in [1.29, 1.82) is 0 Å². The van der Waals surface area contributed by atoms with Gasteiger partial charge in [0.2, 0.25) is 0 Å². The maximum absolute atomic E-state index is 12.4. The number of amides is 1. The van der Waals surface area contributed by atoms with Crippen LogP contribution >= 0.6 is 0 Å². The van der Waals surface area contributed by atoms with Crippen molar-refractivity contribution < 1.29 is 14.0 Å². The van der Waals surface area contributed by atoms with Gasteiger partial charge in [0.05, 0.1) is 11.9 Å². The molecule has 0 bridgehead atoms. The van der Waals surface area contributed by atoms with Crippen LogP contribution in [0.5, 0.6) is 0 Å². The second kappa shape index (κ2) is 7.98. The fraction of sp³-hybridized carbons (Fsp3) is 0.0870. The zero-order valence-corrected chi connectivity index (χ0v) is 15.8. The summed E-state index contributed by atoms with van der Waals surface area (Å²) in [5.74, 6) is 0.504. The zero-order chi connectivity index (χ0) is 20.2. The van der Waals surface area contributed by atoms with Crippen molar-refractivity contribution in [3.8, 4) is 17.0 Å². The lowest BCUT2D eigenvalue weighted by molar-refractivity contribution is 0.0923. The molecule has 6 heteroatoms. The summed E-state index contributed by atoms with van der Waals surface area (Å²) in [5, 5.41) is 7.16. The van der Waals surface area contributed by atoms with E-state index >= 15 is 0 Å². The number of Topliss-reactive ketones (excluding diaryl/α,β-unsaturated/α-hetero) is 1. The molecule has 1 N–H and O–H groups in total. The molecule has 2 heterocycles. The van der Waals surface area contributed by atoms with E-state index in [4.69, 9.17) is 4.42 Å². The van der Waals surface area contributed by atoms with E-state index < -0.39 is 0 Å². The van der Waals surface area contributed by atoms with Crippen LogP contribution in [0.15, 0.2) is 83.5 Å². The van der Waals surface area contributed by atoms with Crippen molar-refractivity contribution in [3.63, 3.8) is 0 Å². The topological polar surface area (TPSA) is 77.1 Å². The summed E-state index contributed by atoms with van der Waals surface area (Å²) in [4.78, 5) is 23.8. The predicted octanol–water partition coefficient (Wildman–Crippen LogP) is 4.26. The third-order valence-electron chi connectivity index (χ3n) is 4.52. The van der Waals surface area contributed by atoms with Crippen LogP contribution in [-0.2, 0) is 6.54 Å². The highest BCUT2D eigenvalue weighted by molar-refractivity contribution is 5.94. The molecule has 0 aliphatic carbocycles. The minimum atomic E-state index is -0.302. The first-order valence-electron chi connectivity index (χ1n) is 9.18. The van der Waals surface area contributed by atoms with Gasteiger partial charge >= 0.3 is 0 Å². The van der Waals surface area contributed by atoms with Crippen molar-refractivity contribution in [1.82, 2.24) is 15.1 Å². The molecule has 144 valence electrons. The van der Waals surface area contributed by atoms with E-state index in [1.165, 1.54) is 6.92 Å². The maximum atomic E-state index is 12.4. The van der Waals surface area contributed by atoms with Crippen LogP contribution in [0.25, 0.3) is 17.0 Å². The number of para-hydroxylation sites is 1. The number of aromatic nitrogens is 2. The number of carbonyl (C=O) groups excluding carboxylic acids is 2. The van der Waals surface area contributed by atoms with Gasteiger partial charge in [-0.2, -0.15) is 5.10 Å². The fourth-order valence-corrected chi connectivity index (χ4v) is 2.93. The van der Waals surface area contributed by atoms with Crippen LogP contribution in [0, 0.1) is 0 Å². The molecule has 4 aromatic rings. The Morgan fingerprint density at radius 1 is 1.00 bits per heavy atom. The molecule has 0 saturated carbocycles. The van der Waals surface area contributed by atoms with Gasteiger partial charge in [-0.1, -0.05) is 42.5 Å². The van der Waals surface area contributed by atoms with Gasteiger partial charge in [-0.3, -0.25) is 9.59 Å². The van der Waals surface area contributed by atoms with Crippen molar-refractivity contribution >= 4 is 11.7 Å². The second-order valence-corrected chi connectivity index (χ2v) is 6.61. The normalized spacial score (nSPS) is 10.7. The monoisotopic (exact) mass is 385 g/mol. The second-order valence-electron chi connectivity index (χ2n) is 6.61. The van der Waals surface area contributed by atoms with Gasteiger partial charge < -0.3 is 9.73 Å². The molecule has 0 saturated heterocycles. The van der Waals surface area contributed by atoms with Gasteiger partial charge in [0.1, 0.15) is 5.76 Å². The zero-order valence-electron chi connectivity index (χ0n) is 15.8. The van der Waals surface area contributed by atoms with E-state index in [9.17, 15) is 9.59 Å². The summed E-state index contributed by atoms with van der Waals surface area (Å²) < 4.78 is 7.44. The summed E-state index contributed by atoms with van der Waals surface area (Å²) in [5.41, 5.74) is 3.28. The third-order valence-corrected chi connectivity index (χ3v) is 4.52. The Morgan fingerprint density at radius 3 is 2.48 bits per heavy atom. The number of ketones is 1. The van der Waals surface area contributed by atoms with Crippen molar-refractivity contribution in [2.75, 3.05) is 0 Å². The smallest absolute Gasteiger partial charge is 0.287 e. The molecular formula is C23H19N3O3. The summed E-state index contributed by atoms with van der Waals surface area (Å²) in [6.07, 6.45) is 3.59. The molecule has 2 aromatic heterocycles. The molecule has 0 fully saturated rings. The number of furan rings is 1. The van der Waals surface area contributed by atoms with Crippen LogP contribution in [0.1, 0.15) is 33.4 Å². The molecule has 0 spiro atoms. The molecule has 0 atom stereocenters. The Labute approximate surface area is 167 Å². The number of carbonyl (C=O) groups is 2. The van der Waals surface area contributed by atoms with E-state index in [0.29, 0.717) is 17.9 Å². The number of hydrogen-bond donors (Lipinski definition) is 1. The molecule has 29 heavy (non-hydrogen) atoms. The van der Waals surface area contributed by atoms with Crippen LogP contribution in [0.2, 0.25) is 0 Å². The minimum absolute atomic E-state index is 0.00616. The summed E-state index contributed by atoms with van der Waals surface area (Å²) in [6.45, 7) is 1.86. The van der Waals surface area contributed by atoms with Crippen molar-refractivity contribution in [3.05, 3.63) is 96.0 Å². The number of nitrogens with zero attached hydrogens (tertiary/aromatic N) is 2. The van der Waals surface area contributed by atoms with Gasteiger partial charge in [0.15, 0.2) is 11.5 Å². The Hall–Kier alpha value is -3.93. The molecule has 0 aliphatic rings. The average Bonchev–Trinajstić information content (AvgIpc) is 3.43. The molecule has 1 amide bonds. The Morgan fingerprint density at radius 2 is 1.76 bits per heavy atom. The van der Waals surface area contributed by atoms with E-state index in [1.807, 2.05) is 36.5 Å². The largest absolute Gasteiger partial charge is 0.451 e. The van der Waals surface area contributed by atoms with Gasteiger partial charge in [0, 0.05) is 29.4 Å². The molecule has 0 radical (unpaired) electrons. The van der Waals surface area contributed by atoms with Gasteiger partial charge in [-0.25, -0.2) is 4.68 Å². The summed E-state index contributed by atoms with van der Waals surface area (Å²) in [7, 11) is 0. The molecule has 0 aliphatic heterocycles. The van der Waals surface area contributed by atoms with Crippen LogP contribution in [0.3, 0.4) is 0 Å². The molecular weight excluding hydrogens is 366 g/mol. The van der Waals surface area contributed by atoms with E-state index in [1.54, 1.807) is 47.3 Å². The highest BCUT2D eigenvalue weighted by Crippen LogP contribution is 2.23. The first-order valence-corrected chi connectivity index (χ1v) is 9.18. The first-order chi connectivity index (χ1) is 14.1. The Balaban J connectivity index is 1.40. The standard InChI is InChI=1S/C23H19N3O3/c1-16(27)18-7-9-19(10-8-18)21-11-12-22(29-21)23(28)24-13-17-14-25-26(15-17)20-5-3-2-4-6-20/h2-12,14-15H,13H2,1H3,(H,24,28). The number of rotatable bonds is 6. The number of nitrogens with one attached hydrogen (secondary N) is 1. The molecule has 6 nitrogen and oxygen atoms in total. The lowest BCUT2D eigenvalue weighted by atomic mass is 10.1. The highest BCUT2D eigenvalue weighted by atomic mass is 16.3. The lowest BCUT2D eigenvalue weighted by Gasteiger charge is -2.02. The number of hydrogen-bond acceptors (Lipinski definition) is 4. The third kappa shape index (κ3) is 4.16. The molecule has 0 unspecified atom stereocenters. The molecule has 4 rings (SSSR count). The highest BCUT2D eigenvalue weighted by Gasteiger charge is 2.13. The van der Waals surface area contributed by atoms with Gasteiger partial charge in [-0.05, 0) is 31.2 Å². The number of benzene rings is 2. The predicted molar refractivity (Wildman–Crippen MR) is 109 cm³/mol. The summed E-state index contributed by atoms with van der Waals surface area (Å²) in [6, 6.07) is 20.2. The Bertz CT molecular complexity index is 1140. The van der Waals surface area contributed by atoms with Crippen LogP contribution in [0.4, 0.5) is 0 Å². The summed E-state index contributed by atoms with van der Waals surface area (Å²) >= 11 is 0. The average molecular weight is 385 g/mol. The minimum Gasteiger partial charge on any atom is -0.451 e. The van der Waals surface area contributed by atoms with Crippen molar-refractivity contribution in [2.24, 2.45) is 0 Å². The lowest BCUT2D eigenvalue weighted by Crippen LogP contribution is -2.21.